The Balaban J connectivity index is 2.54. The lowest BCUT2D eigenvalue weighted by Crippen LogP contribution is -2.23. The second kappa shape index (κ2) is 5.79. The van der Waals surface area contributed by atoms with Crippen molar-refractivity contribution in [3.05, 3.63) is 51.8 Å². The van der Waals surface area contributed by atoms with Crippen molar-refractivity contribution in [1.29, 1.82) is 0 Å². The minimum absolute atomic E-state index is 0.000833. The summed E-state index contributed by atoms with van der Waals surface area (Å²) in [5, 5.41) is 7.07. The molecule has 3 nitrogen and oxygen atoms in total. The van der Waals surface area contributed by atoms with Gasteiger partial charge in [0.15, 0.2) is 0 Å². The quantitative estimate of drug-likeness (QED) is 0.933. The number of aryl methyl sites for hydroxylation is 1. The number of rotatable bonds is 4. The molecule has 1 aromatic heterocycles. The van der Waals surface area contributed by atoms with Crippen molar-refractivity contribution in [3.8, 4) is 0 Å². The number of halogens is 3. The fourth-order valence-electron chi connectivity index (χ4n) is 2.12. The maximum atomic E-state index is 14.0. The monoisotopic (exact) mass is 329 g/mol. The summed E-state index contributed by atoms with van der Waals surface area (Å²) < 4.78 is 30.2. The number of hydrogen-bond acceptors (Lipinski definition) is 2. The van der Waals surface area contributed by atoms with Crippen LogP contribution in [-0.4, -0.2) is 16.8 Å². The van der Waals surface area contributed by atoms with E-state index < -0.39 is 17.7 Å². The van der Waals surface area contributed by atoms with Gasteiger partial charge < -0.3 is 5.32 Å². The van der Waals surface area contributed by atoms with Crippen LogP contribution in [0.25, 0.3) is 0 Å². The zero-order chi connectivity index (χ0) is 14.0. The zero-order valence-electron chi connectivity index (χ0n) is 10.6. The van der Waals surface area contributed by atoms with E-state index in [1.807, 2.05) is 6.92 Å². The van der Waals surface area contributed by atoms with Crippen molar-refractivity contribution in [2.45, 2.75) is 19.5 Å². The van der Waals surface area contributed by atoms with Crippen LogP contribution in [0.5, 0.6) is 0 Å². The van der Waals surface area contributed by atoms with E-state index in [9.17, 15) is 8.78 Å². The highest BCUT2D eigenvalue weighted by molar-refractivity contribution is 9.10. The van der Waals surface area contributed by atoms with Crippen molar-refractivity contribution < 1.29 is 8.78 Å². The van der Waals surface area contributed by atoms with E-state index in [1.165, 1.54) is 12.1 Å². The van der Waals surface area contributed by atoms with Gasteiger partial charge in [0, 0.05) is 22.8 Å². The number of hydrogen-bond donors (Lipinski definition) is 1. The van der Waals surface area contributed by atoms with Crippen LogP contribution in [0, 0.1) is 11.6 Å². The van der Waals surface area contributed by atoms with Crippen molar-refractivity contribution in [1.82, 2.24) is 15.1 Å². The van der Waals surface area contributed by atoms with Crippen LogP contribution in [0.3, 0.4) is 0 Å². The molecule has 1 aromatic carbocycles. The van der Waals surface area contributed by atoms with Crippen LogP contribution >= 0.6 is 15.9 Å². The summed E-state index contributed by atoms with van der Waals surface area (Å²) in [6.07, 6.45) is 1.62. The molecule has 6 heteroatoms. The van der Waals surface area contributed by atoms with Gasteiger partial charge in [-0.05, 0) is 32.2 Å². The third kappa shape index (κ3) is 2.69. The first-order valence-electron chi connectivity index (χ1n) is 5.91. The Morgan fingerprint density at radius 1 is 1.37 bits per heavy atom. The molecular formula is C13H14BrF2N3. The lowest BCUT2D eigenvalue weighted by atomic mass is 10.0. The van der Waals surface area contributed by atoms with Crippen LogP contribution in [-0.2, 0) is 6.54 Å². The van der Waals surface area contributed by atoms with Gasteiger partial charge in [0.2, 0.25) is 0 Å². The standard InChI is InChI=1S/C13H14BrF2N3/c1-3-19-11(4-5-18-19)13(17-2)12-9(15)6-8(14)7-10(12)16/h4-7,13,17H,3H2,1-2H3. The lowest BCUT2D eigenvalue weighted by molar-refractivity contribution is 0.496. The van der Waals surface area contributed by atoms with Gasteiger partial charge in [0.1, 0.15) is 11.6 Å². The van der Waals surface area contributed by atoms with Crippen molar-refractivity contribution in [2.24, 2.45) is 0 Å². The molecule has 19 heavy (non-hydrogen) atoms. The second-order valence-electron chi connectivity index (χ2n) is 4.08. The normalized spacial score (nSPS) is 12.7. The van der Waals surface area contributed by atoms with Crippen LogP contribution < -0.4 is 5.32 Å². The first-order valence-corrected chi connectivity index (χ1v) is 6.71. The second-order valence-corrected chi connectivity index (χ2v) is 4.99. The Morgan fingerprint density at radius 2 is 2.00 bits per heavy atom. The molecule has 0 aliphatic heterocycles. The number of nitrogens with one attached hydrogen (secondary N) is 1. The summed E-state index contributed by atoms with van der Waals surface area (Å²) in [5.41, 5.74) is 0.728. The molecular weight excluding hydrogens is 316 g/mol. The summed E-state index contributed by atoms with van der Waals surface area (Å²) in [5.74, 6) is -1.18. The van der Waals surface area contributed by atoms with Crippen molar-refractivity contribution in [2.75, 3.05) is 7.05 Å². The van der Waals surface area contributed by atoms with E-state index in [2.05, 4.69) is 26.3 Å². The highest BCUT2D eigenvalue weighted by atomic mass is 79.9. The maximum Gasteiger partial charge on any atom is 0.132 e. The van der Waals surface area contributed by atoms with Gasteiger partial charge >= 0.3 is 0 Å². The van der Waals surface area contributed by atoms with E-state index in [1.54, 1.807) is 24.0 Å². The summed E-state index contributed by atoms with van der Waals surface area (Å²) in [7, 11) is 1.67. The molecule has 0 aliphatic rings. The Hall–Kier alpha value is -1.27. The summed E-state index contributed by atoms with van der Waals surface area (Å²) >= 11 is 3.08. The van der Waals surface area contributed by atoms with Crippen LogP contribution in [0.15, 0.2) is 28.9 Å². The lowest BCUT2D eigenvalue weighted by Gasteiger charge is -2.19. The summed E-state index contributed by atoms with van der Waals surface area (Å²) in [6.45, 7) is 2.57. The number of benzene rings is 1. The minimum Gasteiger partial charge on any atom is -0.308 e. The molecule has 0 spiro atoms. The molecule has 1 heterocycles. The Labute approximate surface area is 118 Å². The molecule has 0 fully saturated rings. The van der Waals surface area contributed by atoms with E-state index >= 15 is 0 Å². The van der Waals surface area contributed by atoms with E-state index in [0.29, 0.717) is 11.0 Å². The van der Waals surface area contributed by atoms with Gasteiger partial charge in [-0.3, -0.25) is 4.68 Å². The van der Waals surface area contributed by atoms with Gasteiger partial charge in [-0.2, -0.15) is 5.10 Å². The smallest absolute Gasteiger partial charge is 0.132 e. The van der Waals surface area contributed by atoms with Crippen molar-refractivity contribution in [3.63, 3.8) is 0 Å². The molecule has 0 radical (unpaired) electrons. The molecule has 1 N–H and O–H groups in total. The third-order valence-corrected chi connectivity index (χ3v) is 3.42. The van der Waals surface area contributed by atoms with Crippen molar-refractivity contribution >= 4 is 15.9 Å². The molecule has 1 unspecified atom stereocenters. The largest absolute Gasteiger partial charge is 0.308 e. The minimum atomic E-state index is -0.588. The number of nitrogens with zero attached hydrogens (tertiary/aromatic N) is 2. The van der Waals surface area contributed by atoms with E-state index in [0.717, 1.165) is 5.69 Å². The third-order valence-electron chi connectivity index (χ3n) is 2.97. The zero-order valence-corrected chi connectivity index (χ0v) is 12.2. The maximum absolute atomic E-state index is 14.0. The fourth-order valence-corrected chi connectivity index (χ4v) is 2.52. The SMILES string of the molecule is CCn1nccc1C(NC)c1c(F)cc(Br)cc1F. The number of aromatic nitrogens is 2. The molecule has 0 aliphatic carbocycles. The molecule has 2 aromatic rings. The predicted molar refractivity (Wildman–Crippen MR) is 72.9 cm³/mol. The summed E-state index contributed by atoms with van der Waals surface area (Å²) in [6, 6.07) is 3.70. The Kier molecular flexibility index (Phi) is 4.31. The molecule has 0 saturated carbocycles. The molecule has 0 bridgehead atoms. The first-order chi connectivity index (χ1) is 9.08. The molecule has 0 saturated heterocycles. The predicted octanol–water partition coefficient (Wildman–Crippen LogP) is 3.25. The molecule has 102 valence electrons. The van der Waals surface area contributed by atoms with Gasteiger partial charge in [-0.15, -0.1) is 0 Å². The Bertz CT molecular complexity index is 560. The van der Waals surface area contributed by atoms with E-state index in [-0.39, 0.29) is 5.56 Å². The average molecular weight is 330 g/mol. The summed E-state index contributed by atoms with van der Waals surface area (Å²) in [4.78, 5) is 0. The van der Waals surface area contributed by atoms with Gasteiger partial charge in [0.05, 0.1) is 11.7 Å². The van der Waals surface area contributed by atoms with Gasteiger partial charge in [-0.25, -0.2) is 8.78 Å². The van der Waals surface area contributed by atoms with Crippen LogP contribution in [0.2, 0.25) is 0 Å². The molecule has 0 amide bonds. The average Bonchev–Trinajstić information content (AvgIpc) is 2.81. The fraction of sp³-hybridized carbons (Fsp3) is 0.308. The molecule has 2 rings (SSSR count). The topological polar surface area (TPSA) is 29.9 Å². The molecule has 1 atom stereocenters. The van der Waals surface area contributed by atoms with Crippen LogP contribution in [0.1, 0.15) is 24.2 Å². The van der Waals surface area contributed by atoms with E-state index in [4.69, 9.17) is 0 Å². The Morgan fingerprint density at radius 3 is 2.53 bits per heavy atom. The van der Waals surface area contributed by atoms with Crippen LogP contribution in [0.4, 0.5) is 8.78 Å². The van der Waals surface area contributed by atoms with Gasteiger partial charge in [0.25, 0.3) is 0 Å². The highest BCUT2D eigenvalue weighted by Crippen LogP contribution is 2.29. The van der Waals surface area contributed by atoms with Gasteiger partial charge in [-0.1, -0.05) is 15.9 Å². The highest BCUT2D eigenvalue weighted by Gasteiger charge is 2.23. The first kappa shape index (κ1) is 14.1.